The Bertz CT molecular complexity index is 3240. The Labute approximate surface area is 327 Å². The van der Waals surface area contributed by atoms with Gasteiger partial charge in [0.2, 0.25) is 0 Å². The molecule has 0 aliphatic rings. The van der Waals surface area contributed by atoms with Gasteiger partial charge in [-0.2, -0.15) is 0 Å². The zero-order valence-electron chi connectivity index (χ0n) is 30.2. The normalized spacial score (nSPS) is 11.6. The molecule has 0 saturated carbocycles. The Morgan fingerprint density at radius 3 is 1.59 bits per heavy atom. The number of rotatable bonds is 6. The molecule has 0 atom stereocenters. The Morgan fingerprint density at radius 2 is 0.804 bits per heavy atom. The van der Waals surface area contributed by atoms with Gasteiger partial charge in [0.05, 0.1) is 11.0 Å². The summed E-state index contributed by atoms with van der Waals surface area (Å²) in [6.45, 7) is 0. The van der Waals surface area contributed by atoms with Crippen molar-refractivity contribution in [3.8, 4) is 62.1 Å². The molecular formula is C51H32N4S. The van der Waals surface area contributed by atoms with E-state index in [1.807, 2.05) is 47.7 Å². The number of benzene rings is 8. The van der Waals surface area contributed by atoms with Crippen LogP contribution in [0.1, 0.15) is 0 Å². The van der Waals surface area contributed by atoms with E-state index in [1.165, 1.54) is 47.6 Å². The van der Waals surface area contributed by atoms with Crippen LogP contribution in [-0.2, 0) is 0 Å². The maximum Gasteiger partial charge on any atom is 0.164 e. The van der Waals surface area contributed by atoms with E-state index in [9.17, 15) is 0 Å². The second-order valence-corrected chi connectivity index (χ2v) is 15.1. The van der Waals surface area contributed by atoms with E-state index in [-0.39, 0.29) is 0 Å². The highest BCUT2D eigenvalue weighted by molar-refractivity contribution is 7.25. The van der Waals surface area contributed by atoms with Gasteiger partial charge < -0.3 is 4.57 Å². The molecule has 3 heterocycles. The van der Waals surface area contributed by atoms with Crippen LogP contribution in [0.2, 0.25) is 0 Å². The average molecular weight is 733 g/mol. The molecule has 0 spiro atoms. The summed E-state index contributed by atoms with van der Waals surface area (Å²) in [5.74, 6) is 1.91. The molecule has 0 unspecified atom stereocenters. The maximum atomic E-state index is 5.13. The van der Waals surface area contributed by atoms with Crippen LogP contribution in [0.5, 0.6) is 0 Å². The van der Waals surface area contributed by atoms with Gasteiger partial charge in [0.25, 0.3) is 0 Å². The number of para-hydroxylation sites is 1. The lowest BCUT2D eigenvalue weighted by atomic mass is 10.0. The van der Waals surface area contributed by atoms with Crippen LogP contribution in [0, 0.1) is 0 Å². The number of thiophene rings is 1. The van der Waals surface area contributed by atoms with Gasteiger partial charge in [-0.05, 0) is 58.7 Å². The molecule has 11 aromatic rings. The van der Waals surface area contributed by atoms with E-state index in [0.29, 0.717) is 17.5 Å². The monoisotopic (exact) mass is 732 g/mol. The predicted molar refractivity (Wildman–Crippen MR) is 234 cm³/mol. The van der Waals surface area contributed by atoms with Crippen molar-refractivity contribution >= 4 is 53.3 Å². The van der Waals surface area contributed by atoms with Crippen molar-refractivity contribution in [1.29, 1.82) is 0 Å². The van der Waals surface area contributed by atoms with Gasteiger partial charge in [-0.1, -0.05) is 158 Å². The van der Waals surface area contributed by atoms with E-state index < -0.39 is 0 Å². The molecule has 3 aromatic heterocycles. The quantitative estimate of drug-likeness (QED) is 0.171. The van der Waals surface area contributed by atoms with Crippen molar-refractivity contribution < 1.29 is 0 Å². The van der Waals surface area contributed by atoms with E-state index >= 15 is 0 Å². The van der Waals surface area contributed by atoms with Crippen LogP contribution >= 0.6 is 11.3 Å². The summed E-state index contributed by atoms with van der Waals surface area (Å²) >= 11 is 1.85. The lowest BCUT2D eigenvalue weighted by Gasteiger charge is -2.12. The predicted octanol–water partition coefficient (Wildman–Crippen LogP) is 13.7. The van der Waals surface area contributed by atoms with Gasteiger partial charge in [0.1, 0.15) is 0 Å². The molecule has 0 fully saturated rings. The molecule has 0 radical (unpaired) electrons. The molecule has 11 rings (SSSR count). The third kappa shape index (κ3) is 5.56. The number of nitrogens with zero attached hydrogens (tertiary/aromatic N) is 4. The Balaban J connectivity index is 1.05. The van der Waals surface area contributed by atoms with Crippen molar-refractivity contribution in [3.63, 3.8) is 0 Å². The maximum absolute atomic E-state index is 5.13. The van der Waals surface area contributed by atoms with Crippen LogP contribution < -0.4 is 0 Å². The number of fused-ring (bicyclic) bond motifs is 6. The first-order valence-electron chi connectivity index (χ1n) is 18.8. The fraction of sp³-hybridized carbons (Fsp3) is 0. The molecule has 0 aliphatic heterocycles. The molecule has 0 bridgehead atoms. The first-order valence-corrected chi connectivity index (χ1v) is 19.6. The van der Waals surface area contributed by atoms with Crippen molar-refractivity contribution in [2.75, 3.05) is 0 Å². The topological polar surface area (TPSA) is 43.6 Å². The van der Waals surface area contributed by atoms with Crippen molar-refractivity contribution in [1.82, 2.24) is 19.5 Å². The summed E-state index contributed by atoms with van der Waals surface area (Å²) in [6, 6.07) is 68.7. The fourth-order valence-corrected chi connectivity index (χ4v) is 9.06. The number of aromatic nitrogens is 4. The molecule has 0 aliphatic carbocycles. The highest BCUT2D eigenvalue weighted by Crippen LogP contribution is 2.39. The summed E-state index contributed by atoms with van der Waals surface area (Å²) < 4.78 is 4.99. The SMILES string of the molecule is c1ccc(-c2ccc(-c3nc(-c4ccccc4)nc(-c4ccc5c6ccccc6n(-c6cccc(-c7ccc8c(c7)sc7ccccc78)c6)c5c4)n3)cc2)cc1. The van der Waals surface area contributed by atoms with Crippen molar-refractivity contribution in [2.45, 2.75) is 0 Å². The first kappa shape index (κ1) is 32.2. The van der Waals surface area contributed by atoms with E-state index in [4.69, 9.17) is 15.0 Å². The second kappa shape index (κ2) is 13.3. The summed E-state index contributed by atoms with van der Waals surface area (Å²) in [5.41, 5.74) is 10.9. The molecule has 8 aromatic carbocycles. The molecular weight excluding hydrogens is 701 g/mol. The Morgan fingerprint density at radius 1 is 0.304 bits per heavy atom. The minimum absolute atomic E-state index is 0.630. The van der Waals surface area contributed by atoms with Gasteiger partial charge in [-0.3, -0.25) is 0 Å². The Hall–Kier alpha value is -7.21. The summed E-state index contributed by atoms with van der Waals surface area (Å²) in [5, 5.41) is 5.00. The summed E-state index contributed by atoms with van der Waals surface area (Å²) in [4.78, 5) is 15.2. The molecule has 56 heavy (non-hydrogen) atoms. The number of hydrogen-bond donors (Lipinski definition) is 0. The van der Waals surface area contributed by atoms with Crippen LogP contribution in [0.25, 0.3) is 104 Å². The molecule has 0 saturated heterocycles. The highest BCUT2D eigenvalue weighted by atomic mass is 32.1. The summed E-state index contributed by atoms with van der Waals surface area (Å²) in [6.07, 6.45) is 0. The van der Waals surface area contributed by atoms with Crippen molar-refractivity contribution in [3.05, 3.63) is 194 Å². The highest BCUT2D eigenvalue weighted by Gasteiger charge is 2.17. The molecule has 0 N–H and O–H groups in total. The minimum atomic E-state index is 0.630. The van der Waals surface area contributed by atoms with Crippen molar-refractivity contribution in [2.24, 2.45) is 0 Å². The van der Waals surface area contributed by atoms with E-state index in [2.05, 4.69) is 162 Å². The molecule has 4 nitrogen and oxygen atoms in total. The molecule has 0 amide bonds. The largest absolute Gasteiger partial charge is 0.309 e. The van der Waals surface area contributed by atoms with Gasteiger partial charge in [0.15, 0.2) is 17.5 Å². The van der Waals surface area contributed by atoms with Crippen LogP contribution in [0.4, 0.5) is 0 Å². The van der Waals surface area contributed by atoms with Gasteiger partial charge in [0, 0.05) is 53.3 Å². The third-order valence-corrected chi connectivity index (χ3v) is 11.8. The van der Waals surface area contributed by atoms with Gasteiger partial charge in [-0.25, -0.2) is 15.0 Å². The average Bonchev–Trinajstić information content (AvgIpc) is 3.82. The lowest BCUT2D eigenvalue weighted by molar-refractivity contribution is 1.07. The molecule has 5 heteroatoms. The third-order valence-electron chi connectivity index (χ3n) is 10.7. The zero-order chi connectivity index (χ0) is 37.0. The lowest BCUT2D eigenvalue weighted by Crippen LogP contribution is -2.00. The smallest absolute Gasteiger partial charge is 0.164 e. The number of hydrogen-bond acceptors (Lipinski definition) is 4. The van der Waals surface area contributed by atoms with Crippen LogP contribution in [0.15, 0.2) is 194 Å². The van der Waals surface area contributed by atoms with Crippen LogP contribution in [0.3, 0.4) is 0 Å². The molecule has 262 valence electrons. The van der Waals surface area contributed by atoms with Crippen LogP contribution in [-0.4, -0.2) is 19.5 Å². The standard InChI is InChI=1S/C51H32N4S/c1-3-12-33(13-4-1)34-22-24-36(25-23-34)50-52-49(35-14-5-2-6-15-35)53-51(54-50)39-27-28-42-41-18-7-9-20-45(41)55(46(42)31-39)40-17-11-16-37(30-40)38-26-29-44-43-19-8-10-21-47(43)56-48(44)32-38/h1-32H. The van der Waals surface area contributed by atoms with E-state index in [1.54, 1.807) is 0 Å². The first-order chi connectivity index (χ1) is 27.7. The fourth-order valence-electron chi connectivity index (χ4n) is 7.91. The zero-order valence-corrected chi connectivity index (χ0v) is 31.0. The second-order valence-electron chi connectivity index (χ2n) is 14.1. The van der Waals surface area contributed by atoms with Gasteiger partial charge >= 0.3 is 0 Å². The minimum Gasteiger partial charge on any atom is -0.309 e. The van der Waals surface area contributed by atoms with E-state index in [0.717, 1.165) is 39.0 Å². The summed E-state index contributed by atoms with van der Waals surface area (Å²) in [7, 11) is 0. The Kier molecular flexibility index (Phi) is 7.64. The van der Waals surface area contributed by atoms with Gasteiger partial charge in [-0.15, -0.1) is 11.3 Å².